The lowest BCUT2D eigenvalue weighted by atomic mass is 9.42. The van der Waals surface area contributed by atoms with E-state index in [1.165, 1.54) is 89.1 Å². The van der Waals surface area contributed by atoms with Crippen LogP contribution in [0.2, 0.25) is 0 Å². The number of ether oxygens (including phenoxy) is 2. The second-order valence-corrected chi connectivity index (χ2v) is 28.9. The van der Waals surface area contributed by atoms with E-state index >= 15 is 0 Å². The monoisotopic (exact) mass is 1120 g/mol. The van der Waals surface area contributed by atoms with Crippen molar-refractivity contribution >= 4 is 63.3 Å². The molecule has 0 unspecified atom stereocenters. The van der Waals surface area contributed by atoms with E-state index in [0.29, 0.717) is 23.0 Å². The number of para-hydroxylation sites is 2. The largest absolute Gasteiger partial charge is 0.449 e. The van der Waals surface area contributed by atoms with E-state index in [9.17, 15) is 0 Å². The molecule has 0 N–H and O–H groups in total. The van der Waals surface area contributed by atoms with Gasteiger partial charge in [-0.15, -0.1) is 0 Å². The van der Waals surface area contributed by atoms with E-state index in [1.807, 2.05) is 24.3 Å². The first-order valence-electron chi connectivity index (χ1n) is 31.1. The average molecular weight is 1120 g/mol. The molecule has 5 aliphatic rings. The third-order valence-electron chi connectivity index (χ3n) is 20.0. The summed E-state index contributed by atoms with van der Waals surface area (Å²) in [6.07, 6.45) is 2.26. The molecule has 0 radical (unpaired) electrons. The van der Waals surface area contributed by atoms with Gasteiger partial charge < -0.3 is 24.1 Å². The standard InChI is InChI=1S/C80H76BN3O2/c1-49-43-62-63(79(10,11)42-41-78(62,8)9)47-65(49)83-67-44-57(82(54-35-29-52(30-36-54)76(2,3)4)55-37-31-53(32-38-55)77(5,6)7)39-40-64(67)81-75-68(83)45-59-58-23-17-18-24-61(58)80(12,13)74(59)73(75)60-46-71-72(86-70-26-20-19-25-69(70)85-71)48-66(60)84(81)56-33-27-51(28-34-56)50-21-15-14-16-22-50/h14-40,43-48H,41-42H2,1-13H3. The Balaban J connectivity index is 1.06. The highest BCUT2D eigenvalue weighted by atomic mass is 16.6. The van der Waals surface area contributed by atoms with Gasteiger partial charge in [0, 0.05) is 62.5 Å². The molecule has 5 nitrogen and oxygen atoms in total. The second kappa shape index (κ2) is 18.9. The number of benzene rings is 10. The van der Waals surface area contributed by atoms with Gasteiger partial charge in [0.2, 0.25) is 0 Å². The van der Waals surface area contributed by atoms with Crippen LogP contribution < -0.4 is 35.0 Å². The number of nitrogens with zero attached hydrogens (tertiary/aromatic N) is 3. The van der Waals surface area contributed by atoms with Crippen molar-refractivity contribution in [1.82, 2.24) is 0 Å². The molecule has 0 aromatic heterocycles. The van der Waals surface area contributed by atoms with Gasteiger partial charge in [-0.2, -0.15) is 0 Å². The smallest absolute Gasteiger partial charge is 0.333 e. The first-order chi connectivity index (χ1) is 41.0. The highest BCUT2D eigenvalue weighted by Gasteiger charge is 2.51. The van der Waals surface area contributed by atoms with Gasteiger partial charge in [0.15, 0.2) is 23.0 Å². The quantitative estimate of drug-likeness (QED) is 0.155. The van der Waals surface area contributed by atoms with Crippen LogP contribution in [0.25, 0.3) is 33.4 Å². The zero-order valence-corrected chi connectivity index (χ0v) is 52.2. The zero-order chi connectivity index (χ0) is 59.6. The van der Waals surface area contributed by atoms with Crippen LogP contribution in [0.1, 0.15) is 135 Å². The second-order valence-electron chi connectivity index (χ2n) is 28.9. The van der Waals surface area contributed by atoms with Crippen molar-refractivity contribution in [3.8, 4) is 56.4 Å². The van der Waals surface area contributed by atoms with E-state index in [1.54, 1.807) is 0 Å². The predicted octanol–water partition coefficient (Wildman–Crippen LogP) is 21.0. The van der Waals surface area contributed by atoms with Crippen LogP contribution in [0, 0.1) is 6.92 Å². The molecular weight excluding hydrogens is 1050 g/mol. The van der Waals surface area contributed by atoms with Gasteiger partial charge in [0.25, 0.3) is 0 Å². The van der Waals surface area contributed by atoms with Crippen molar-refractivity contribution in [1.29, 1.82) is 0 Å². The Hall–Kier alpha value is -8.74. The molecule has 2 aliphatic carbocycles. The molecule has 0 spiro atoms. The minimum atomic E-state index is -0.352. The molecule has 15 rings (SSSR count). The summed E-state index contributed by atoms with van der Waals surface area (Å²) in [4.78, 5) is 7.79. The van der Waals surface area contributed by atoms with Crippen molar-refractivity contribution in [3.63, 3.8) is 0 Å². The summed E-state index contributed by atoms with van der Waals surface area (Å²) in [6.45, 7) is 30.6. The third-order valence-corrected chi connectivity index (χ3v) is 20.0. The molecule has 0 atom stereocenters. The number of rotatable bonds is 6. The molecule has 3 heterocycles. The van der Waals surface area contributed by atoms with E-state index < -0.39 is 0 Å². The fourth-order valence-electron chi connectivity index (χ4n) is 15.1. The van der Waals surface area contributed by atoms with Crippen LogP contribution >= 0.6 is 0 Å². The van der Waals surface area contributed by atoms with Crippen LogP contribution in [-0.4, -0.2) is 6.85 Å². The third kappa shape index (κ3) is 8.33. The molecule has 426 valence electrons. The minimum absolute atomic E-state index is 0.00199. The predicted molar refractivity (Wildman–Crippen MR) is 362 cm³/mol. The summed E-state index contributed by atoms with van der Waals surface area (Å²) in [5.74, 6) is 2.82. The topological polar surface area (TPSA) is 28.2 Å². The zero-order valence-electron chi connectivity index (χ0n) is 52.2. The molecule has 6 heteroatoms. The number of hydrogen-bond donors (Lipinski definition) is 0. The van der Waals surface area contributed by atoms with Gasteiger partial charge in [-0.3, -0.25) is 0 Å². The summed E-state index contributed by atoms with van der Waals surface area (Å²) in [6, 6.07) is 75.4. The molecule has 0 saturated heterocycles. The number of fused-ring (bicyclic) bond motifs is 11. The summed E-state index contributed by atoms with van der Waals surface area (Å²) >= 11 is 0. The Morgan fingerprint density at radius 2 is 0.988 bits per heavy atom. The van der Waals surface area contributed by atoms with E-state index in [4.69, 9.17) is 9.47 Å². The van der Waals surface area contributed by atoms with Crippen molar-refractivity contribution in [2.24, 2.45) is 0 Å². The molecule has 3 aliphatic heterocycles. The lowest BCUT2D eigenvalue weighted by Crippen LogP contribution is -2.62. The van der Waals surface area contributed by atoms with Crippen molar-refractivity contribution in [2.45, 2.75) is 130 Å². The Morgan fingerprint density at radius 3 is 1.60 bits per heavy atom. The van der Waals surface area contributed by atoms with Crippen molar-refractivity contribution < 1.29 is 9.47 Å². The van der Waals surface area contributed by atoms with Gasteiger partial charge in [0.05, 0.1) is 0 Å². The molecule has 0 fully saturated rings. The first-order valence-corrected chi connectivity index (χ1v) is 31.1. The van der Waals surface area contributed by atoms with Crippen LogP contribution in [0.4, 0.5) is 45.5 Å². The maximum Gasteiger partial charge on any atom is 0.333 e. The lowest BCUT2D eigenvalue weighted by molar-refractivity contribution is 0.332. The van der Waals surface area contributed by atoms with Gasteiger partial charge >= 0.3 is 6.85 Å². The highest BCUT2D eigenvalue weighted by molar-refractivity contribution is 6.93. The van der Waals surface area contributed by atoms with Gasteiger partial charge in [-0.05, 0) is 198 Å². The van der Waals surface area contributed by atoms with Crippen LogP contribution in [-0.2, 0) is 27.1 Å². The van der Waals surface area contributed by atoms with Crippen LogP contribution in [0.15, 0.2) is 200 Å². The fourth-order valence-corrected chi connectivity index (χ4v) is 15.1. The maximum atomic E-state index is 6.94. The van der Waals surface area contributed by atoms with Gasteiger partial charge in [-0.1, -0.05) is 198 Å². The SMILES string of the molecule is Cc1cc2c(cc1N1c3cc(N(c4ccc(C(C)(C)C)cc4)c4ccc(C(C)(C)C)cc4)ccc3B3c4c1cc1c(c4-c4cc5c(cc4N3c3ccc(-c4ccccc4)cc3)Oc3ccccc3O5)C(C)(C)c3ccccc3-1)C(C)(C)CCC2(C)C. The molecule has 0 amide bonds. The molecule has 86 heavy (non-hydrogen) atoms. The number of anilines is 8. The average Bonchev–Trinajstić information content (AvgIpc) is 1.24. The van der Waals surface area contributed by atoms with E-state index in [0.717, 1.165) is 52.5 Å². The number of aryl methyl sites for hydroxylation is 1. The fraction of sp³-hybridized carbons (Fsp3) is 0.250. The van der Waals surface area contributed by atoms with Crippen LogP contribution in [0.5, 0.6) is 23.0 Å². The van der Waals surface area contributed by atoms with E-state index in [2.05, 4.69) is 281 Å². The van der Waals surface area contributed by atoms with E-state index in [-0.39, 0.29) is 33.9 Å². The highest BCUT2D eigenvalue weighted by Crippen LogP contribution is 2.61. The Bertz CT molecular complexity index is 4350. The van der Waals surface area contributed by atoms with Gasteiger partial charge in [-0.25, -0.2) is 0 Å². The minimum Gasteiger partial charge on any atom is -0.449 e. The number of hydrogen-bond acceptors (Lipinski definition) is 5. The summed E-state index contributed by atoms with van der Waals surface area (Å²) < 4.78 is 13.9. The molecule has 10 aromatic carbocycles. The Labute approximate surface area is 510 Å². The first kappa shape index (κ1) is 54.0. The molecule has 0 saturated carbocycles. The van der Waals surface area contributed by atoms with Crippen molar-refractivity contribution in [2.75, 3.05) is 14.6 Å². The lowest BCUT2D eigenvalue weighted by Gasteiger charge is -2.48. The molecular formula is C80H76BN3O2. The Kier molecular flexibility index (Phi) is 11.8. The van der Waals surface area contributed by atoms with Gasteiger partial charge in [0.1, 0.15) is 0 Å². The summed E-state index contributed by atoms with van der Waals surface area (Å²) in [5.41, 5.74) is 27.9. The summed E-state index contributed by atoms with van der Waals surface area (Å²) in [7, 11) is 0. The van der Waals surface area contributed by atoms with Crippen LogP contribution in [0.3, 0.4) is 0 Å². The summed E-state index contributed by atoms with van der Waals surface area (Å²) in [5, 5.41) is 0. The Morgan fingerprint density at radius 1 is 0.442 bits per heavy atom. The molecule has 10 aromatic rings. The normalized spacial score (nSPS) is 16.0. The maximum absolute atomic E-state index is 6.94. The van der Waals surface area contributed by atoms with Crippen molar-refractivity contribution in [3.05, 3.63) is 239 Å². The molecule has 0 bridgehead atoms.